The number of piperidine rings is 1. The van der Waals surface area contributed by atoms with Crippen LogP contribution in [-0.4, -0.2) is 46.0 Å². The second-order valence-corrected chi connectivity index (χ2v) is 6.91. The summed E-state index contributed by atoms with van der Waals surface area (Å²) in [6.07, 6.45) is 8.83. The third kappa shape index (κ3) is 4.03. The van der Waals surface area contributed by atoms with E-state index in [1.54, 1.807) is 25.7 Å². The van der Waals surface area contributed by atoms with Gasteiger partial charge >= 0.3 is 0 Å². The molecule has 1 saturated heterocycles. The van der Waals surface area contributed by atoms with E-state index in [0.717, 1.165) is 36.5 Å². The highest BCUT2D eigenvalue weighted by atomic mass is 16.5. The molecule has 0 aliphatic carbocycles. The van der Waals surface area contributed by atoms with Gasteiger partial charge in [-0.05, 0) is 30.5 Å². The highest BCUT2D eigenvalue weighted by molar-refractivity contribution is 5.93. The van der Waals surface area contributed by atoms with E-state index in [1.807, 2.05) is 29.2 Å². The average Bonchev–Trinajstić information content (AvgIpc) is 3.22. The summed E-state index contributed by atoms with van der Waals surface area (Å²) in [6.45, 7) is 1.31. The van der Waals surface area contributed by atoms with Crippen molar-refractivity contribution in [3.63, 3.8) is 0 Å². The Morgan fingerprint density at radius 3 is 2.96 bits per heavy atom. The fraction of sp³-hybridized carbons (Fsp3) is 0.333. The van der Waals surface area contributed by atoms with Crippen molar-refractivity contribution in [3.05, 3.63) is 72.0 Å². The summed E-state index contributed by atoms with van der Waals surface area (Å²) in [7, 11) is 1.66. The predicted octanol–water partition coefficient (Wildman–Crippen LogP) is 3.08. The Balaban J connectivity index is 1.43. The molecule has 0 spiro atoms. The lowest BCUT2D eigenvalue weighted by Crippen LogP contribution is -2.39. The van der Waals surface area contributed by atoms with Gasteiger partial charge in [-0.3, -0.25) is 4.79 Å². The smallest absolute Gasteiger partial charge is 0.257 e. The quantitative estimate of drug-likeness (QED) is 0.679. The molecular formula is C21H22N4O3. The number of likely N-dealkylation sites (tertiary alicyclic amines) is 1. The molecule has 28 heavy (non-hydrogen) atoms. The van der Waals surface area contributed by atoms with Crippen LogP contribution < -0.4 is 4.74 Å². The van der Waals surface area contributed by atoms with E-state index in [0.29, 0.717) is 24.4 Å². The van der Waals surface area contributed by atoms with Gasteiger partial charge in [0.25, 0.3) is 5.91 Å². The molecule has 1 aliphatic rings. The maximum atomic E-state index is 12.7. The number of carbonyl (C=O) groups excluding carboxylic acids is 1. The Hall–Kier alpha value is -3.22. The van der Waals surface area contributed by atoms with E-state index >= 15 is 0 Å². The number of amides is 1. The van der Waals surface area contributed by atoms with Gasteiger partial charge in [-0.25, -0.2) is 15.0 Å². The Morgan fingerprint density at radius 2 is 2.14 bits per heavy atom. The van der Waals surface area contributed by atoms with Crippen molar-refractivity contribution >= 4 is 5.91 Å². The lowest BCUT2D eigenvalue weighted by molar-refractivity contribution is 0.0697. The minimum absolute atomic E-state index is 0.0477. The van der Waals surface area contributed by atoms with Crippen LogP contribution in [0.25, 0.3) is 0 Å². The van der Waals surface area contributed by atoms with Gasteiger partial charge in [-0.15, -0.1) is 0 Å². The number of nitrogens with zero attached hydrogens (tertiary/aromatic N) is 4. The van der Waals surface area contributed by atoms with Crippen molar-refractivity contribution in [2.45, 2.75) is 25.2 Å². The molecular weight excluding hydrogens is 356 g/mol. The predicted molar refractivity (Wildman–Crippen MR) is 102 cm³/mol. The number of ether oxygens (including phenoxy) is 1. The third-order valence-electron chi connectivity index (χ3n) is 4.95. The number of rotatable bonds is 5. The molecule has 3 aromatic rings. The van der Waals surface area contributed by atoms with Gasteiger partial charge in [0.05, 0.1) is 24.8 Å². The van der Waals surface area contributed by atoms with E-state index in [2.05, 4.69) is 15.0 Å². The zero-order chi connectivity index (χ0) is 19.3. The third-order valence-corrected chi connectivity index (χ3v) is 4.95. The summed E-state index contributed by atoms with van der Waals surface area (Å²) in [5, 5.41) is 0. The van der Waals surface area contributed by atoms with Crippen LogP contribution in [0.2, 0.25) is 0 Å². The van der Waals surface area contributed by atoms with Crippen LogP contribution in [0.5, 0.6) is 5.75 Å². The molecule has 2 aromatic heterocycles. The topological polar surface area (TPSA) is 81.4 Å². The van der Waals surface area contributed by atoms with Crippen LogP contribution in [0.1, 0.15) is 46.3 Å². The molecule has 3 heterocycles. The van der Waals surface area contributed by atoms with Crippen molar-refractivity contribution in [2.24, 2.45) is 0 Å². The summed E-state index contributed by atoms with van der Waals surface area (Å²) in [4.78, 5) is 26.9. The lowest BCUT2D eigenvalue weighted by Gasteiger charge is -2.31. The second kappa shape index (κ2) is 8.21. The van der Waals surface area contributed by atoms with E-state index in [9.17, 15) is 4.79 Å². The van der Waals surface area contributed by atoms with Gasteiger partial charge in [-0.1, -0.05) is 12.1 Å². The Labute approximate surface area is 163 Å². The first-order chi connectivity index (χ1) is 13.7. The largest absolute Gasteiger partial charge is 0.497 e. The SMILES string of the molecule is COc1cccc(Cc2cnc([C@H]3CCCN(C(=O)c4cncnc4)C3)o2)c1. The van der Waals surface area contributed by atoms with Crippen molar-refractivity contribution < 1.29 is 13.9 Å². The first-order valence-corrected chi connectivity index (χ1v) is 9.35. The maximum Gasteiger partial charge on any atom is 0.257 e. The Morgan fingerprint density at radius 1 is 1.29 bits per heavy atom. The normalized spacial score (nSPS) is 16.8. The van der Waals surface area contributed by atoms with Crippen LogP contribution in [-0.2, 0) is 6.42 Å². The molecule has 1 atom stereocenters. The molecule has 0 bridgehead atoms. The van der Waals surface area contributed by atoms with Crippen molar-refractivity contribution in [1.29, 1.82) is 0 Å². The number of hydrogen-bond acceptors (Lipinski definition) is 6. The molecule has 144 valence electrons. The van der Waals surface area contributed by atoms with Gasteiger partial charge < -0.3 is 14.1 Å². The fourth-order valence-electron chi connectivity index (χ4n) is 3.53. The van der Waals surface area contributed by atoms with Gasteiger partial charge in [0.1, 0.15) is 17.8 Å². The first kappa shape index (κ1) is 18.2. The van der Waals surface area contributed by atoms with Crippen LogP contribution in [0.3, 0.4) is 0 Å². The summed E-state index contributed by atoms with van der Waals surface area (Å²) >= 11 is 0. The number of aromatic nitrogens is 3. The van der Waals surface area contributed by atoms with Crippen molar-refractivity contribution in [2.75, 3.05) is 20.2 Å². The van der Waals surface area contributed by atoms with Crippen molar-refractivity contribution in [1.82, 2.24) is 19.9 Å². The number of methoxy groups -OCH3 is 1. The first-order valence-electron chi connectivity index (χ1n) is 9.35. The Kier molecular flexibility index (Phi) is 5.32. The van der Waals surface area contributed by atoms with Gasteiger partial charge in [0, 0.05) is 31.9 Å². The molecule has 4 rings (SSSR count). The summed E-state index contributed by atoms with van der Waals surface area (Å²) < 4.78 is 11.3. The van der Waals surface area contributed by atoms with E-state index in [-0.39, 0.29) is 11.8 Å². The highest BCUT2D eigenvalue weighted by Gasteiger charge is 2.28. The molecule has 1 aliphatic heterocycles. The summed E-state index contributed by atoms with van der Waals surface area (Å²) in [5.41, 5.74) is 1.61. The van der Waals surface area contributed by atoms with Crippen LogP contribution in [0, 0.1) is 0 Å². The molecule has 0 unspecified atom stereocenters. The van der Waals surface area contributed by atoms with Gasteiger partial charge in [0.2, 0.25) is 0 Å². The number of oxazole rings is 1. The van der Waals surface area contributed by atoms with E-state index in [4.69, 9.17) is 9.15 Å². The zero-order valence-electron chi connectivity index (χ0n) is 15.7. The molecule has 1 fully saturated rings. The van der Waals surface area contributed by atoms with Crippen LogP contribution in [0.15, 0.2) is 53.6 Å². The Bertz CT molecular complexity index is 942. The fourth-order valence-corrected chi connectivity index (χ4v) is 3.53. The summed E-state index contributed by atoms with van der Waals surface area (Å²) in [5.74, 6) is 2.38. The van der Waals surface area contributed by atoms with Crippen molar-refractivity contribution in [3.8, 4) is 5.75 Å². The van der Waals surface area contributed by atoms with E-state index in [1.165, 1.54) is 6.33 Å². The molecule has 7 nitrogen and oxygen atoms in total. The molecule has 7 heteroatoms. The minimum atomic E-state index is -0.0477. The molecule has 1 aromatic carbocycles. The van der Waals surface area contributed by atoms with E-state index < -0.39 is 0 Å². The minimum Gasteiger partial charge on any atom is -0.497 e. The molecule has 0 saturated carbocycles. The second-order valence-electron chi connectivity index (χ2n) is 6.91. The van der Waals surface area contributed by atoms with Crippen LogP contribution in [0.4, 0.5) is 0 Å². The van der Waals surface area contributed by atoms with Crippen LogP contribution >= 0.6 is 0 Å². The lowest BCUT2D eigenvalue weighted by atomic mass is 9.97. The summed E-state index contributed by atoms with van der Waals surface area (Å²) in [6, 6.07) is 7.91. The standard InChI is InChI=1S/C21H22N4O3/c1-27-18-6-2-4-15(8-18)9-19-12-24-20(28-19)16-5-3-7-25(13-16)21(26)17-10-22-14-23-11-17/h2,4,6,8,10-12,14,16H,3,5,7,9,13H2,1H3/t16-/m0/s1. The molecule has 1 amide bonds. The molecule has 0 radical (unpaired) electrons. The number of hydrogen-bond donors (Lipinski definition) is 0. The molecule has 0 N–H and O–H groups in total. The van der Waals surface area contributed by atoms with Gasteiger partial charge in [0.15, 0.2) is 5.89 Å². The zero-order valence-corrected chi connectivity index (χ0v) is 15.7. The highest BCUT2D eigenvalue weighted by Crippen LogP contribution is 2.28. The maximum absolute atomic E-state index is 12.7. The van der Waals surface area contributed by atoms with Gasteiger partial charge in [-0.2, -0.15) is 0 Å². The number of carbonyl (C=O) groups is 1. The average molecular weight is 378 g/mol. The monoisotopic (exact) mass is 378 g/mol. The number of benzene rings is 1.